The molecular formula is C22H19BrF4N2O2S. The lowest BCUT2D eigenvalue weighted by Crippen LogP contribution is -2.54. The molecule has 3 aromatic carbocycles. The number of sulfonamides is 1. The van der Waals surface area contributed by atoms with Crippen molar-refractivity contribution in [2.45, 2.75) is 24.0 Å². The maximum atomic E-state index is 13.5. The summed E-state index contributed by atoms with van der Waals surface area (Å²) >= 11 is 3.43. The molecule has 3 aromatic rings. The molecule has 0 N–H and O–H groups in total. The minimum atomic E-state index is -4.72. The summed E-state index contributed by atoms with van der Waals surface area (Å²) < 4.78 is 82.9. The van der Waals surface area contributed by atoms with Gasteiger partial charge in [-0.3, -0.25) is 0 Å². The first-order valence-corrected chi connectivity index (χ1v) is 12.0. The summed E-state index contributed by atoms with van der Waals surface area (Å²) in [7, 11) is -3.90. The summed E-state index contributed by atoms with van der Waals surface area (Å²) in [5.41, 5.74) is -1.23. The Balaban J connectivity index is 1.66. The van der Waals surface area contributed by atoms with Gasteiger partial charge in [0.05, 0.1) is 10.5 Å². The minimum Gasteiger partial charge on any atom is -0.368 e. The van der Waals surface area contributed by atoms with E-state index in [-0.39, 0.29) is 30.2 Å². The highest BCUT2D eigenvalue weighted by atomic mass is 79.9. The van der Waals surface area contributed by atoms with Crippen LogP contribution < -0.4 is 4.90 Å². The molecule has 0 aromatic heterocycles. The maximum Gasteiger partial charge on any atom is 0.418 e. The van der Waals surface area contributed by atoms with Gasteiger partial charge in [-0.15, -0.1) is 0 Å². The predicted octanol–water partition coefficient (Wildman–Crippen LogP) is 5.66. The standard InChI is InChI=1S/C22H19BrF4N2O2S/c1-14-13-28(20-8-6-15(24)12-18(20)22(25,26)27)10-11-29(14)32(30,31)21-9-7-19(23)16-4-2-3-5-17(16)21/h2-9,12,14H,10-11,13H2,1H3/t14-/m1/s1. The summed E-state index contributed by atoms with van der Waals surface area (Å²) in [6, 6.07) is 12.2. The molecule has 1 aliphatic rings. The van der Waals surface area contributed by atoms with Crippen LogP contribution in [0.15, 0.2) is 64.0 Å². The topological polar surface area (TPSA) is 40.6 Å². The van der Waals surface area contributed by atoms with Crippen molar-refractivity contribution in [1.82, 2.24) is 4.31 Å². The Morgan fingerprint density at radius 3 is 2.34 bits per heavy atom. The average molecular weight is 531 g/mol. The third-order valence-electron chi connectivity index (χ3n) is 5.59. The van der Waals surface area contributed by atoms with E-state index in [9.17, 15) is 26.0 Å². The van der Waals surface area contributed by atoms with Crippen LogP contribution in [0.1, 0.15) is 12.5 Å². The van der Waals surface area contributed by atoms with Crippen LogP contribution in [0, 0.1) is 5.82 Å². The summed E-state index contributed by atoms with van der Waals surface area (Å²) in [6.07, 6.45) is -4.72. The Bertz CT molecular complexity index is 1280. The number of hydrogen-bond acceptors (Lipinski definition) is 3. The number of anilines is 1. The van der Waals surface area contributed by atoms with Gasteiger partial charge in [-0.25, -0.2) is 12.8 Å². The second-order valence-electron chi connectivity index (χ2n) is 7.66. The van der Waals surface area contributed by atoms with Gasteiger partial charge in [-0.2, -0.15) is 17.5 Å². The first kappa shape index (κ1) is 23.0. The molecule has 0 aliphatic carbocycles. The zero-order valence-electron chi connectivity index (χ0n) is 16.9. The van der Waals surface area contributed by atoms with Gasteiger partial charge in [-0.05, 0) is 42.6 Å². The Morgan fingerprint density at radius 1 is 1.00 bits per heavy atom. The van der Waals surface area contributed by atoms with Gasteiger partial charge in [0.2, 0.25) is 10.0 Å². The Labute approximate surface area is 191 Å². The van der Waals surface area contributed by atoms with Gasteiger partial charge in [0, 0.05) is 41.2 Å². The zero-order valence-corrected chi connectivity index (χ0v) is 19.3. The lowest BCUT2D eigenvalue weighted by molar-refractivity contribution is -0.137. The second-order valence-corrected chi connectivity index (χ2v) is 10.4. The van der Waals surface area contributed by atoms with Crippen LogP contribution in [0.3, 0.4) is 0 Å². The second kappa shape index (κ2) is 8.31. The normalized spacial score (nSPS) is 18.3. The monoisotopic (exact) mass is 530 g/mol. The molecule has 0 radical (unpaired) electrons. The molecule has 32 heavy (non-hydrogen) atoms. The summed E-state index contributed by atoms with van der Waals surface area (Å²) in [5, 5.41) is 1.32. The van der Waals surface area contributed by atoms with Crippen LogP contribution in [0.25, 0.3) is 10.8 Å². The number of piperazine rings is 1. The fraction of sp³-hybridized carbons (Fsp3) is 0.273. The molecule has 0 bridgehead atoms. The van der Waals surface area contributed by atoms with Gasteiger partial charge >= 0.3 is 6.18 Å². The molecule has 1 heterocycles. The van der Waals surface area contributed by atoms with Crippen molar-refractivity contribution in [3.8, 4) is 0 Å². The van der Waals surface area contributed by atoms with Crippen molar-refractivity contribution in [3.05, 3.63) is 70.5 Å². The van der Waals surface area contributed by atoms with E-state index in [0.29, 0.717) is 11.5 Å². The first-order chi connectivity index (χ1) is 15.0. The molecule has 10 heteroatoms. The van der Waals surface area contributed by atoms with Gasteiger partial charge in [-0.1, -0.05) is 40.2 Å². The maximum absolute atomic E-state index is 13.5. The fourth-order valence-electron chi connectivity index (χ4n) is 4.11. The van der Waals surface area contributed by atoms with Crippen LogP contribution in [0.5, 0.6) is 0 Å². The van der Waals surface area contributed by atoms with E-state index in [1.54, 1.807) is 25.1 Å². The van der Waals surface area contributed by atoms with Gasteiger partial charge in [0.25, 0.3) is 0 Å². The number of hydrogen-bond donors (Lipinski definition) is 0. The van der Waals surface area contributed by atoms with E-state index >= 15 is 0 Å². The lowest BCUT2D eigenvalue weighted by atomic mass is 10.1. The summed E-state index contributed by atoms with van der Waals surface area (Å²) in [6.45, 7) is 1.75. The van der Waals surface area contributed by atoms with Gasteiger partial charge in [0.1, 0.15) is 5.82 Å². The van der Waals surface area contributed by atoms with Crippen LogP contribution in [-0.4, -0.2) is 38.4 Å². The van der Waals surface area contributed by atoms with Crippen LogP contribution >= 0.6 is 15.9 Å². The quantitative estimate of drug-likeness (QED) is 0.410. The molecule has 0 unspecified atom stereocenters. The lowest BCUT2D eigenvalue weighted by Gasteiger charge is -2.41. The molecule has 170 valence electrons. The van der Waals surface area contributed by atoms with Crippen molar-refractivity contribution in [2.24, 2.45) is 0 Å². The SMILES string of the molecule is C[C@@H]1CN(c2ccc(F)cc2C(F)(F)F)CCN1S(=O)(=O)c1ccc(Br)c2ccccc12. The molecule has 0 amide bonds. The highest BCUT2D eigenvalue weighted by molar-refractivity contribution is 9.10. The van der Waals surface area contributed by atoms with Crippen molar-refractivity contribution in [1.29, 1.82) is 0 Å². The first-order valence-electron chi connectivity index (χ1n) is 9.81. The van der Waals surface area contributed by atoms with E-state index in [0.717, 1.165) is 22.0 Å². The van der Waals surface area contributed by atoms with Gasteiger partial charge in [0.15, 0.2) is 0 Å². The van der Waals surface area contributed by atoms with E-state index < -0.39 is 33.6 Å². The molecular weight excluding hydrogens is 512 g/mol. The minimum absolute atomic E-state index is 0.00254. The highest BCUT2D eigenvalue weighted by Gasteiger charge is 2.39. The van der Waals surface area contributed by atoms with E-state index in [1.807, 2.05) is 12.1 Å². The highest BCUT2D eigenvalue weighted by Crippen LogP contribution is 2.38. The third kappa shape index (κ3) is 4.11. The Morgan fingerprint density at radius 2 is 1.69 bits per heavy atom. The van der Waals surface area contributed by atoms with Crippen molar-refractivity contribution < 1.29 is 26.0 Å². The predicted molar refractivity (Wildman–Crippen MR) is 119 cm³/mol. The van der Waals surface area contributed by atoms with Crippen molar-refractivity contribution >= 4 is 42.4 Å². The largest absolute Gasteiger partial charge is 0.418 e. The molecule has 1 fully saturated rings. The third-order valence-corrected chi connectivity index (χ3v) is 8.35. The molecule has 4 rings (SSSR count). The number of fused-ring (bicyclic) bond motifs is 1. The molecule has 1 aliphatic heterocycles. The summed E-state index contributed by atoms with van der Waals surface area (Å²) in [4.78, 5) is 1.60. The zero-order chi connectivity index (χ0) is 23.3. The van der Waals surface area contributed by atoms with E-state index in [4.69, 9.17) is 0 Å². The number of benzene rings is 3. The number of halogens is 5. The van der Waals surface area contributed by atoms with E-state index in [2.05, 4.69) is 15.9 Å². The van der Waals surface area contributed by atoms with Crippen LogP contribution in [0.2, 0.25) is 0 Å². The fourth-order valence-corrected chi connectivity index (χ4v) is 6.40. The van der Waals surface area contributed by atoms with Crippen molar-refractivity contribution in [2.75, 3.05) is 24.5 Å². The molecule has 0 spiro atoms. The number of rotatable bonds is 3. The molecule has 1 atom stereocenters. The Hall–Kier alpha value is -2.17. The van der Waals surface area contributed by atoms with Crippen LogP contribution in [-0.2, 0) is 16.2 Å². The van der Waals surface area contributed by atoms with Crippen LogP contribution in [0.4, 0.5) is 23.2 Å². The van der Waals surface area contributed by atoms with E-state index in [1.165, 1.54) is 15.3 Å². The molecule has 4 nitrogen and oxygen atoms in total. The summed E-state index contributed by atoms with van der Waals surface area (Å²) in [5.74, 6) is -0.975. The average Bonchev–Trinajstić information content (AvgIpc) is 2.73. The molecule has 0 saturated carbocycles. The Kier molecular flexibility index (Phi) is 5.98. The molecule has 1 saturated heterocycles. The van der Waals surface area contributed by atoms with Crippen molar-refractivity contribution in [3.63, 3.8) is 0 Å². The number of nitrogens with zero attached hydrogens (tertiary/aromatic N) is 2. The number of alkyl halides is 3. The van der Waals surface area contributed by atoms with Gasteiger partial charge < -0.3 is 4.90 Å². The smallest absolute Gasteiger partial charge is 0.368 e.